The van der Waals surface area contributed by atoms with Gasteiger partial charge >= 0.3 is 12.1 Å². The molecule has 1 amide bonds. The van der Waals surface area contributed by atoms with Gasteiger partial charge < -0.3 is 10.0 Å². The predicted molar refractivity (Wildman–Crippen MR) is 124 cm³/mol. The van der Waals surface area contributed by atoms with E-state index < -0.39 is 12.1 Å². The number of alkyl halides is 3. The van der Waals surface area contributed by atoms with Crippen LogP contribution in [0, 0.1) is 5.82 Å². The van der Waals surface area contributed by atoms with E-state index in [0.717, 1.165) is 35.4 Å². The molecule has 0 atom stereocenters. The molecule has 37 heavy (non-hydrogen) atoms. The number of piperidine rings is 1. The first-order chi connectivity index (χ1) is 17.6. The van der Waals surface area contributed by atoms with Crippen LogP contribution in [0.25, 0.3) is 16.8 Å². The number of aliphatic carboxylic acids is 1. The number of benzene rings is 1. The summed E-state index contributed by atoms with van der Waals surface area (Å²) in [7, 11) is 0. The highest BCUT2D eigenvalue weighted by Crippen LogP contribution is 2.28. The fraction of sp³-hybridized carbons (Fsp3) is 0.240. The van der Waals surface area contributed by atoms with Gasteiger partial charge in [-0.3, -0.25) is 9.78 Å². The molecule has 192 valence electrons. The van der Waals surface area contributed by atoms with Crippen molar-refractivity contribution in [1.29, 1.82) is 0 Å². The van der Waals surface area contributed by atoms with E-state index in [4.69, 9.17) is 9.90 Å². The van der Waals surface area contributed by atoms with Gasteiger partial charge in [0, 0.05) is 37.0 Å². The fourth-order valence-corrected chi connectivity index (χ4v) is 3.90. The summed E-state index contributed by atoms with van der Waals surface area (Å²) in [5.41, 5.74) is 2.92. The van der Waals surface area contributed by atoms with Crippen LogP contribution in [0.4, 0.5) is 17.6 Å². The zero-order chi connectivity index (χ0) is 26.6. The molecule has 0 unspecified atom stereocenters. The Kier molecular flexibility index (Phi) is 7.46. The lowest BCUT2D eigenvalue weighted by atomic mass is 9.96. The molecule has 1 saturated heterocycles. The molecule has 4 heterocycles. The second-order valence-electron chi connectivity index (χ2n) is 8.29. The molecule has 0 radical (unpaired) electrons. The normalized spacial score (nSPS) is 14.2. The van der Waals surface area contributed by atoms with Gasteiger partial charge in [-0.15, -0.1) is 0 Å². The Hall–Kier alpha value is -4.35. The van der Waals surface area contributed by atoms with Crippen molar-refractivity contribution in [1.82, 2.24) is 24.5 Å². The average Bonchev–Trinajstić information content (AvgIpc) is 3.32. The number of likely N-dealkylation sites (tertiary alicyclic amines) is 1. The summed E-state index contributed by atoms with van der Waals surface area (Å²) < 4.78 is 47.0. The van der Waals surface area contributed by atoms with Gasteiger partial charge in [0.1, 0.15) is 11.5 Å². The second-order valence-corrected chi connectivity index (χ2v) is 8.29. The Bertz CT molecular complexity index is 1400. The van der Waals surface area contributed by atoms with Crippen LogP contribution >= 0.6 is 0 Å². The molecular weight excluding hydrogens is 494 g/mol. The van der Waals surface area contributed by atoms with Gasteiger partial charge in [-0.05, 0) is 54.8 Å². The number of carboxylic acid groups (broad SMARTS) is 1. The van der Waals surface area contributed by atoms with Gasteiger partial charge in [0.2, 0.25) is 0 Å². The molecule has 1 N–H and O–H groups in total. The largest absolute Gasteiger partial charge is 0.490 e. The van der Waals surface area contributed by atoms with Crippen molar-refractivity contribution in [2.24, 2.45) is 0 Å². The lowest BCUT2D eigenvalue weighted by molar-refractivity contribution is -0.192. The van der Waals surface area contributed by atoms with Crippen molar-refractivity contribution in [3.8, 4) is 11.1 Å². The Morgan fingerprint density at radius 2 is 1.70 bits per heavy atom. The van der Waals surface area contributed by atoms with E-state index in [1.54, 1.807) is 28.9 Å². The maximum atomic E-state index is 13.5. The molecular formula is C25H21F4N5O3. The molecule has 12 heteroatoms. The molecule has 0 spiro atoms. The summed E-state index contributed by atoms with van der Waals surface area (Å²) in [6.45, 7) is 1.31. The minimum Gasteiger partial charge on any atom is -0.475 e. The van der Waals surface area contributed by atoms with Crippen LogP contribution in [0.3, 0.4) is 0 Å². The van der Waals surface area contributed by atoms with Gasteiger partial charge in [0.25, 0.3) is 5.91 Å². The summed E-state index contributed by atoms with van der Waals surface area (Å²) in [6, 6.07) is 15.7. The van der Waals surface area contributed by atoms with Crippen molar-refractivity contribution in [2.45, 2.75) is 24.9 Å². The fourth-order valence-electron chi connectivity index (χ4n) is 3.90. The number of hydrogen-bond acceptors (Lipinski definition) is 5. The highest BCUT2D eigenvalue weighted by atomic mass is 19.4. The van der Waals surface area contributed by atoms with Crippen LogP contribution in [0.5, 0.6) is 0 Å². The third kappa shape index (κ3) is 6.26. The summed E-state index contributed by atoms with van der Waals surface area (Å²) in [5, 5.41) is 11.8. The Morgan fingerprint density at radius 3 is 2.32 bits per heavy atom. The Balaban J connectivity index is 0.000000405. The molecule has 1 aromatic carbocycles. The minimum absolute atomic E-state index is 0.0308. The number of carbonyl (C=O) groups excluding carboxylic acids is 1. The monoisotopic (exact) mass is 515 g/mol. The van der Waals surface area contributed by atoms with Gasteiger partial charge in [-0.25, -0.2) is 18.7 Å². The molecule has 0 bridgehead atoms. The van der Waals surface area contributed by atoms with Crippen LogP contribution in [0.2, 0.25) is 0 Å². The third-order valence-electron chi connectivity index (χ3n) is 5.78. The van der Waals surface area contributed by atoms with Crippen molar-refractivity contribution >= 4 is 17.5 Å². The molecule has 3 aromatic heterocycles. The second kappa shape index (κ2) is 10.7. The summed E-state index contributed by atoms with van der Waals surface area (Å²) in [6.07, 6.45) is 0.0530. The maximum Gasteiger partial charge on any atom is 0.490 e. The van der Waals surface area contributed by atoms with Crippen molar-refractivity contribution in [2.75, 3.05) is 13.1 Å². The van der Waals surface area contributed by atoms with E-state index in [2.05, 4.69) is 15.1 Å². The van der Waals surface area contributed by atoms with Crippen molar-refractivity contribution in [3.05, 3.63) is 84.3 Å². The first kappa shape index (κ1) is 25.7. The lowest BCUT2D eigenvalue weighted by Gasteiger charge is -2.30. The van der Waals surface area contributed by atoms with Crippen molar-refractivity contribution in [3.63, 3.8) is 0 Å². The standard InChI is InChI=1S/C23H20FN5O.C2HF3O2/c24-19-5-3-4-17(14-19)18-7-8-21-26-22(27-29(21)15-18)16-9-12-28(13-10-16)23(30)20-6-1-2-11-25-20;3-2(4,5)1(6)7/h1-8,11,14-16H,9-10,12-13H2;(H,6,7). The number of carbonyl (C=O) groups is 2. The average molecular weight is 515 g/mol. The van der Waals surface area contributed by atoms with E-state index >= 15 is 0 Å². The number of rotatable bonds is 3. The predicted octanol–water partition coefficient (Wildman–Crippen LogP) is 4.58. The van der Waals surface area contributed by atoms with E-state index in [0.29, 0.717) is 18.8 Å². The van der Waals surface area contributed by atoms with Gasteiger partial charge in [0.15, 0.2) is 11.5 Å². The number of carboxylic acids is 1. The Morgan fingerprint density at radius 1 is 0.973 bits per heavy atom. The minimum atomic E-state index is -5.08. The summed E-state index contributed by atoms with van der Waals surface area (Å²) in [5.74, 6) is -2.06. The first-order valence-corrected chi connectivity index (χ1v) is 11.2. The maximum absolute atomic E-state index is 13.5. The topological polar surface area (TPSA) is 101 Å². The van der Waals surface area contributed by atoms with Crippen molar-refractivity contribution < 1.29 is 32.3 Å². The molecule has 8 nitrogen and oxygen atoms in total. The smallest absolute Gasteiger partial charge is 0.475 e. The van der Waals surface area contributed by atoms with Gasteiger partial charge in [0.05, 0.1) is 0 Å². The van der Waals surface area contributed by atoms with Crippen LogP contribution in [0.1, 0.15) is 35.1 Å². The van der Waals surface area contributed by atoms with E-state index in [1.165, 1.54) is 12.1 Å². The van der Waals surface area contributed by atoms with Crippen LogP contribution < -0.4 is 0 Å². The van der Waals surface area contributed by atoms with E-state index in [1.807, 2.05) is 35.4 Å². The summed E-state index contributed by atoms with van der Waals surface area (Å²) in [4.78, 5) is 32.2. The van der Waals surface area contributed by atoms with E-state index in [9.17, 15) is 22.4 Å². The molecule has 4 aromatic rings. The number of amides is 1. The quantitative estimate of drug-likeness (QED) is 0.401. The molecule has 0 aliphatic carbocycles. The molecule has 1 aliphatic rings. The zero-order valence-electron chi connectivity index (χ0n) is 19.3. The number of hydrogen-bond donors (Lipinski definition) is 1. The molecule has 1 fully saturated rings. The first-order valence-electron chi connectivity index (χ1n) is 11.2. The van der Waals surface area contributed by atoms with Crippen LogP contribution in [-0.4, -0.2) is 60.7 Å². The van der Waals surface area contributed by atoms with Gasteiger partial charge in [-0.1, -0.05) is 18.2 Å². The third-order valence-corrected chi connectivity index (χ3v) is 5.78. The number of aromatic nitrogens is 4. The molecule has 1 aliphatic heterocycles. The molecule has 5 rings (SSSR count). The molecule has 0 saturated carbocycles. The number of pyridine rings is 2. The SMILES string of the molecule is O=C(O)C(F)(F)F.O=C(c1ccccn1)N1CCC(c2nc3ccc(-c4cccc(F)c4)cn3n2)CC1. The number of halogens is 4. The number of nitrogens with zero attached hydrogens (tertiary/aromatic N) is 5. The zero-order valence-corrected chi connectivity index (χ0v) is 19.3. The van der Waals surface area contributed by atoms with Crippen LogP contribution in [0.15, 0.2) is 67.0 Å². The highest BCUT2D eigenvalue weighted by molar-refractivity contribution is 5.92. The lowest BCUT2D eigenvalue weighted by Crippen LogP contribution is -2.38. The number of fused-ring (bicyclic) bond motifs is 1. The van der Waals surface area contributed by atoms with Gasteiger partial charge in [-0.2, -0.15) is 18.3 Å². The Labute approximate surface area is 208 Å². The summed E-state index contributed by atoms with van der Waals surface area (Å²) >= 11 is 0. The van der Waals surface area contributed by atoms with Crippen LogP contribution in [-0.2, 0) is 4.79 Å². The highest BCUT2D eigenvalue weighted by Gasteiger charge is 2.38. The van der Waals surface area contributed by atoms with E-state index in [-0.39, 0.29) is 17.6 Å².